The van der Waals surface area contributed by atoms with Crippen LogP contribution in [-0.4, -0.2) is 13.2 Å². The molecule has 0 unspecified atom stereocenters. The van der Waals surface area contributed by atoms with Crippen LogP contribution >= 0.6 is 7.82 Å². The molecule has 2 aliphatic carbocycles. The van der Waals surface area contributed by atoms with Crippen molar-refractivity contribution in [3.8, 4) is 16.9 Å². The van der Waals surface area contributed by atoms with Crippen LogP contribution in [0, 0.1) is 0 Å². The number of hydrogen-bond donors (Lipinski definition) is 0. The quantitative estimate of drug-likeness (QED) is 0.738. The van der Waals surface area contributed by atoms with Crippen molar-refractivity contribution in [2.45, 2.75) is 13.8 Å². The van der Waals surface area contributed by atoms with E-state index >= 15 is 0 Å². The van der Waals surface area contributed by atoms with Crippen LogP contribution in [0.1, 0.15) is 13.8 Å². The Morgan fingerprint density at radius 3 is 2.32 bits per heavy atom. The van der Waals surface area contributed by atoms with Gasteiger partial charge in [-0.15, -0.1) is 0 Å². The number of phosphoric ester groups is 1. The summed E-state index contributed by atoms with van der Waals surface area (Å²) in [5.41, 5.74) is 1.89. The van der Waals surface area contributed by atoms with E-state index in [2.05, 4.69) is 0 Å². The second-order valence-corrected chi connectivity index (χ2v) is 5.44. The highest BCUT2D eigenvalue weighted by molar-refractivity contribution is 7.48. The minimum absolute atomic E-state index is 0.268. The third kappa shape index (κ3) is 3.35. The molecule has 0 saturated heterocycles. The first-order chi connectivity index (χ1) is 9.18. The third-order valence-corrected chi connectivity index (χ3v) is 4.11. The van der Waals surface area contributed by atoms with Gasteiger partial charge in [0.2, 0.25) is 0 Å². The monoisotopic (exact) mass is 280 g/mol. The zero-order valence-corrected chi connectivity index (χ0v) is 11.9. The maximum Gasteiger partial charge on any atom is 0.530 e. The molecule has 0 N–H and O–H groups in total. The van der Waals surface area contributed by atoms with Gasteiger partial charge in [0.05, 0.1) is 13.2 Å². The largest absolute Gasteiger partial charge is 0.530 e. The number of rotatable bonds is 6. The summed E-state index contributed by atoms with van der Waals surface area (Å²) in [5, 5.41) is 0. The smallest absolute Gasteiger partial charge is 0.403 e. The van der Waals surface area contributed by atoms with Crippen molar-refractivity contribution in [1.29, 1.82) is 0 Å². The molecule has 5 heteroatoms. The summed E-state index contributed by atoms with van der Waals surface area (Å²) >= 11 is 0. The van der Waals surface area contributed by atoms with Crippen molar-refractivity contribution in [1.82, 2.24) is 0 Å². The van der Waals surface area contributed by atoms with E-state index in [4.69, 9.17) is 13.6 Å². The van der Waals surface area contributed by atoms with Crippen molar-refractivity contribution in [3.05, 3.63) is 42.5 Å². The highest BCUT2D eigenvalue weighted by atomic mass is 31.2. The van der Waals surface area contributed by atoms with Crippen LogP contribution in [0.4, 0.5) is 0 Å². The minimum Gasteiger partial charge on any atom is -0.403 e. The molecule has 0 fully saturated rings. The highest BCUT2D eigenvalue weighted by Crippen LogP contribution is 2.51. The molecule has 2 rings (SSSR count). The second-order valence-electron chi connectivity index (χ2n) is 3.85. The Morgan fingerprint density at radius 1 is 0.947 bits per heavy atom. The third-order valence-electron chi connectivity index (χ3n) is 2.54. The molecule has 0 aromatic heterocycles. The Kier molecular flexibility index (Phi) is 4.59. The zero-order chi connectivity index (χ0) is 13.7. The lowest BCUT2D eigenvalue weighted by molar-refractivity contribution is 0.168. The molecule has 0 aromatic carbocycles. The van der Waals surface area contributed by atoms with E-state index < -0.39 is 7.82 Å². The van der Waals surface area contributed by atoms with Crippen LogP contribution < -0.4 is 4.52 Å². The Hall–Kier alpha value is -1.35. The van der Waals surface area contributed by atoms with Gasteiger partial charge in [0, 0.05) is 5.56 Å². The Morgan fingerprint density at radius 2 is 1.63 bits per heavy atom. The summed E-state index contributed by atoms with van der Waals surface area (Å²) in [6.07, 6.45) is 0. The van der Waals surface area contributed by atoms with Crippen LogP contribution in [0.3, 0.4) is 0 Å². The molecular weight excluding hydrogens is 263 g/mol. The van der Waals surface area contributed by atoms with Crippen LogP contribution in [-0.2, 0) is 13.6 Å². The predicted octanol–water partition coefficient (Wildman–Crippen LogP) is 4.35. The van der Waals surface area contributed by atoms with E-state index in [1.54, 1.807) is 19.9 Å². The highest BCUT2D eigenvalue weighted by Gasteiger charge is 2.28. The summed E-state index contributed by atoms with van der Waals surface area (Å²) in [6, 6.07) is 13.3. The van der Waals surface area contributed by atoms with Gasteiger partial charge in [-0.25, -0.2) is 4.57 Å². The van der Waals surface area contributed by atoms with Crippen LogP contribution in [0.2, 0.25) is 0 Å². The molecule has 4 nitrogen and oxygen atoms in total. The molecule has 0 aliphatic heterocycles. The van der Waals surface area contributed by atoms with E-state index in [-0.39, 0.29) is 13.2 Å². The second kappa shape index (κ2) is 6.20. The molecule has 0 aromatic rings. The molecule has 0 saturated carbocycles. The first kappa shape index (κ1) is 14.1. The van der Waals surface area contributed by atoms with Gasteiger partial charge in [0.15, 0.2) is 0 Å². The summed E-state index contributed by atoms with van der Waals surface area (Å²) in [4.78, 5) is 0. The maximum atomic E-state index is 12.3. The van der Waals surface area contributed by atoms with Crippen LogP contribution in [0.15, 0.2) is 42.5 Å². The molecule has 0 atom stereocenters. The fraction of sp³-hybridized carbons (Fsp3) is 0.286. The van der Waals surface area contributed by atoms with Crippen molar-refractivity contribution < 1.29 is 18.1 Å². The van der Waals surface area contributed by atoms with E-state index in [1.165, 1.54) is 0 Å². The van der Waals surface area contributed by atoms with Gasteiger partial charge in [-0.3, -0.25) is 9.05 Å². The van der Waals surface area contributed by atoms with Gasteiger partial charge in [0.25, 0.3) is 0 Å². The maximum absolute atomic E-state index is 12.3. The van der Waals surface area contributed by atoms with Crippen LogP contribution in [0.5, 0.6) is 5.75 Å². The van der Waals surface area contributed by atoms with Gasteiger partial charge in [-0.05, 0) is 25.5 Å². The van der Waals surface area contributed by atoms with E-state index in [9.17, 15) is 4.57 Å². The fourth-order valence-corrected chi connectivity index (χ4v) is 3.00. The molecule has 0 spiro atoms. The van der Waals surface area contributed by atoms with Gasteiger partial charge >= 0.3 is 7.82 Å². The van der Waals surface area contributed by atoms with Crippen molar-refractivity contribution in [2.75, 3.05) is 13.2 Å². The fourth-order valence-electron chi connectivity index (χ4n) is 1.79. The first-order valence-electron chi connectivity index (χ1n) is 6.25. The van der Waals surface area contributed by atoms with Crippen molar-refractivity contribution >= 4 is 7.82 Å². The standard InChI is InChI=1S/C14H17O4P/c1-3-16-19(15,17-4-2)18-14-11-10-12-8-6-5-7-9-13(12)14/h5-11H,3-4H2,1-2H3. The van der Waals surface area contributed by atoms with E-state index in [0.29, 0.717) is 5.75 Å². The molecule has 0 bridgehead atoms. The first-order valence-corrected chi connectivity index (χ1v) is 7.71. The number of hydrogen-bond acceptors (Lipinski definition) is 4. The lowest BCUT2D eigenvalue weighted by atomic mass is 10.2. The predicted molar refractivity (Wildman–Crippen MR) is 74.6 cm³/mol. The molecule has 0 radical (unpaired) electrons. The molecule has 2 aliphatic rings. The topological polar surface area (TPSA) is 44.8 Å². The molecule has 0 heterocycles. The average molecular weight is 280 g/mol. The average Bonchev–Trinajstić information content (AvgIpc) is 2.61. The molecule has 102 valence electrons. The molecular formula is C14H17O4P. The SMILES string of the molecule is CCOP(=O)(OCC)Oc1ccc2cccccc1-2. The van der Waals surface area contributed by atoms with E-state index in [1.807, 2.05) is 36.4 Å². The van der Waals surface area contributed by atoms with Gasteiger partial charge in [-0.2, -0.15) is 0 Å². The van der Waals surface area contributed by atoms with E-state index in [0.717, 1.165) is 11.1 Å². The summed E-state index contributed by atoms with van der Waals surface area (Å²) in [6.45, 7) is 4.03. The molecule has 0 amide bonds. The van der Waals surface area contributed by atoms with Gasteiger partial charge in [0.1, 0.15) is 5.75 Å². The van der Waals surface area contributed by atoms with Crippen molar-refractivity contribution in [3.63, 3.8) is 0 Å². The Bertz CT molecular complexity index is 545. The number of phosphoric acid groups is 1. The van der Waals surface area contributed by atoms with Crippen molar-refractivity contribution in [2.24, 2.45) is 0 Å². The van der Waals surface area contributed by atoms with Gasteiger partial charge < -0.3 is 4.52 Å². The number of fused-ring (bicyclic) bond motifs is 1. The van der Waals surface area contributed by atoms with Crippen LogP contribution in [0.25, 0.3) is 11.1 Å². The lowest BCUT2D eigenvalue weighted by Crippen LogP contribution is -2.02. The summed E-state index contributed by atoms with van der Waals surface area (Å²) in [5.74, 6) is 0.511. The van der Waals surface area contributed by atoms with Gasteiger partial charge in [-0.1, -0.05) is 36.4 Å². The lowest BCUT2D eigenvalue weighted by Gasteiger charge is -2.17. The minimum atomic E-state index is -3.54. The Labute approximate surface area is 113 Å². The summed E-state index contributed by atoms with van der Waals surface area (Å²) < 4.78 is 28.1. The Balaban J connectivity index is 2.29. The zero-order valence-electron chi connectivity index (χ0n) is 11.0. The molecule has 19 heavy (non-hydrogen) atoms. The summed E-state index contributed by atoms with van der Waals surface area (Å²) in [7, 11) is -3.54. The normalized spacial score (nSPS) is 11.7.